The molecule has 0 fully saturated rings. The van der Waals surface area contributed by atoms with Crippen LogP contribution in [0.15, 0.2) is 113 Å². The first-order valence-electron chi connectivity index (χ1n) is 13.7. The summed E-state index contributed by atoms with van der Waals surface area (Å²) in [7, 11) is 0. The molecule has 0 spiro atoms. The molecule has 0 saturated heterocycles. The third-order valence-electron chi connectivity index (χ3n) is 8.81. The molecule has 4 heterocycles. The Labute approximate surface area is 228 Å². The van der Waals surface area contributed by atoms with E-state index in [1.165, 1.54) is 33.1 Å². The molecule has 2 N–H and O–H groups in total. The van der Waals surface area contributed by atoms with Crippen molar-refractivity contribution in [2.24, 2.45) is 0 Å². The van der Waals surface area contributed by atoms with Crippen molar-refractivity contribution >= 4 is 72.3 Å². The third kappa shape index (κ3) is 2.48. The lowest BCUT2D eigenvalue weighted by molar-refractivity contribution is 0.673. The van der Waals surface area contributed by atoms with Gasteiger partial charge in [-0.2, -0.15) is 0 Å². The summed E-state index contributed by atoms with van der Waals surface area (Å²) in [4.78, 5) is 0. The Morgan fingerprint density at radius 3 is 2.60 bits per heavy atom. The molecule has 4 nitrogen and oxygen atoms in total. The van der Waals surface area contributed by atoms with Crippen LogP contribution in [0.25, 0.3) is 60.8 Å². The summed E-state index contributed by atoms with van der Waals surface area (Å²) in [5.74, 6) is 1.11. The molecule has 2 aliphatic carbocycles. The van der Waals surface area contributed by atoms with Crippen LogP contribution in [0.1, 0.15) is 16.7 Å². The maximum absolute atomic E-state index is 6.65. The zero-order valence-electron chi connectivity index (χ0n) is 21.3. The highest BCUT2D eigenvalue weighted by Gasteiger charge is 2.32. The van der Waals surface area contributed by atoms with Gasteiger partial charge in [-0.3, -0.25) is 4.40 Å². The van der Waals surface area contributed by atoms with Gasteiger partial charge in [0.05, 0.1) is 34.2 Å². The van der Waals surface area contributed by atoms with Crippen LogP contribution in [0.2, 0.25) is 0 Å². The molecule has 1 aliphatic heterocycles. The van der Waals surface area contributed by atoms with E-state index in [1.807, 2.05) is 6.08 Å². The number of fused-ring (bicyclic) bond motifs is 12. The fraction of sp³-hybridized carbons (Fsp3) is 0.0556. The van der Waals surface area contributed by atoms with Crippen LogP contribution < -0.4 is 10.6 Å². The van der Waals surface area contributed by atoms with E-state index in [2.05, 4.69) is 124 Å². The summed E-state index contributed by atoms with van der Waals surface area (Å²) in [6.45, 7) is 0. The molecule has 0 saturated carbocycles. The van der Waals surface area contributed by atoms with Gasteiger partial charge in [0.15, 0.2) is 0 Å². The summed E-state index contributed by atoms with van der Waals surface area (Å²) in [5.41, 5.74) is 16.5. The van der Waals surface area contributed by atoms with Gasteiger partial charge >= 0.3 is 0 Å². The lowest BCUT2D eigenvalue weighted by Crippen LogP contribution is -2.41. The van der Waals surface area contributed by atoms with Crippen LogP contribution in [-0.4, -0.2) is 16.5 Å². The standard InChI is InChI=1S/C36H21N3O/c1-2-9-22-20(7-1)8-5-10-23(22)21-15-18-31-27(19-21)24-16-17-30-32(35(24)40-31)25-11-6-12-26-33-36(39(30)34(25)26)38-29-14-4-3-13-28(29)37-33/h1-4,6-9,11-19,28-29,37-38H. The first-order valence-corrected chi connectivity index (χ1v) is 13.7. The van der Waals surface area contributed by atoms with Gasteiger partial charge in [-0.25, -0.2) is 0 Å². The molecule has 7 aromatic rings. The summed E-state index contributed by atoms with van der Waals surface area (Å²) < 4.78 is 9.03. The summed E-state index contributed by atoms with van der Waals surface area (Å²) in [6, 6.07) is 26.4. The van der Waals surface area contributed by atoms with Crippen molar-refractivity contribution in [2.75, 3.05) is 10.6 Å². The molecule has 0 bridgehead atoms. The van der Waals surface area contributed by atoms with Gasteiger partial charge in [-0.05, 0) is 53.1 Å². The van der Waals surface area contributed by atoms with Gasteiger partial charge in [0, 0.05) is 27.1 Å². The van der Waals surface area contributed by atoms with Crippen LogP contribution in [0.4, 0.5) is 11.5 Å². The Morgan fingerprint density at radius 1 is 0.775 bits per heavy atom. The van der Waals surface area contributed by atoms with Crippen molar-refractivity contribution in [3.8, 4) is 0 Å². The van der Waals surface area contributed by atoms with E-state index in [1.54, 1.807) is 0 Å². The molecule has 3 aliphatic rings. The lowest BCUT2D eigenvalue weighted by atomic mass is 9.92. The largest absolute Gasteiger partial charge is 0.455 e. The quantitative estimate of drug-likeness (QED) is 0.217. The molecule has 4 heteroatoms. The number of hydrogen-bond acceptors (Lipinski definition) is 3. The fourth-order valence-electron chi connectivity index (χ4n) is 7.03. The zero-order valence-corrected chi connectivity index (χ0v) is 21.3. The molecular weight excluding hydrogens is 490 g/mol. The molecule has 3 aromatic heterocycles. The minimum Gasteiger partial charge on any atom is -0.455 e. The zero-order chi connectivity index (χ0) is 25.9. The Bertz CT molecular complexity index is 2420. The van der Waals surface area contributed by atoms with Gasteiger partial charge in [-0.1, -0.05) is 78.2 Å². The first kappa shape index (κ1) is 20.5. The van der Waals surface area contributed by atoms with Crippen molar-refractivity contribution in [1.29, 1.82) is 0 Å². The highest BCUT2D eigenvalue weighted by molar-refractivity contribution is 6.28. The summed E-state index contributed by atoms with van der Waals surface area (Å²) >= 11 is 0. The lowest BCUT2D eigenvalue weighted by Gasteiger charge is -2.33. The Hall–Kier alpha value is -5.40. The van der Waals surface area contributed by atoms with Crippen LogP contribution >= 0.6 is 0 Å². The summed E-state index contributed by atoms with van der Waals surface area (Å²) in [6.07, 6.45) is 10.7. The fourth-order valence-corrected chi connectivity index (χ4v) is 7.03. The van der Waals surface area contributed by atoms with Crippen molar-refractivity contribution < 1.29 is 4.42 Å². The minimum absolute atomic E-state index is 0.210. The third-order valence-corrected chi connectivity index (χ3v) is 8.81. The topological polar surface area (TPSA) is 41.6 Å². The van der Waals surface area contributed by atoms with E-state index < -0.39 is 0 Å². The molecule has 0 amide bonds. The number of hydrogen-bond donors (Lipinski definition) is 2. The normalized spacial score (nSPS) is 18.9. The van der Waals surface area contributed by atoms with Gasteiger partial charge in [0.2, 0.25) is 0 Å². The number of benzene rings is 4. The minimum atomic E-state index is 0.210. The van der Waals surface area contributed by atoms with Crippen molar-refractivity contribution in [1.82, 2.24) is 4.40 Å². The molecular formula is C36H21N3O. The first-order chi connectivity index (χ1) is 19.8. The summed E-state index contributed by atoms with van der Waals surface area (Å²) in [5, 5.41) is 13.5. The average Bonchev–Trinajstić information content (AvgIpc) is 3.66. The SMILES string of the molecule is C1=C=C(c2ccc3oc4c(ccc5c4c4cccc6c7c(n5c64)NC4C=CC=CC4N7)c3c2)c2ccccc2C=1. The second-order valence-corrected chi connectivity index (χ2v) is 10.9. The molecule has 2 unspecified atom stereocenters. The van der Waals surface area contributed by atoms with E-state index in [9.17, 15) is 0 Å². The Balaban J connectivity index is 1.24. The Kier molecular flexibility index (Phi) is 3.68. The number of allylic oxidation sites excluding steroid dienone is 2. The predicted molar refractivity (Wildman–Crippen MR) is 164 cm³/mol. The number of aromatic nitrogens is 1. The van der Waals surface area contributed by atoms with Gasteiger partial charge in [-0.15, -0.1) is 0 Å². The number of anilines is 2. The van der Waals surface area contributed by atoms with Crippen LogP contribution in [0.3, 0.4) is 0 Å². The monoisotopic (exact) mass is 511 g/mol. The number of furan rings is 1. The Morgan fingerprint density at radius 2 is 1.65 bits per heavy atom. The molecule has 0 radical (unpaired) electrons. The van der Waals surface area contributed by atoms with Gasteiger partial charge in [0.1, 0.15) is 17.0 Å². The molecule has 186 valence electrons. The molecule has 40 heavy (non-hydrogen) atoms. The number of para-hydroxylation sites is 1. The predicted octanol–water partition coefficient (Wildman–Crippen LogP) is 8.50. The van der Waals surface area contributed by atoms with E-state index in [0.717, 1.165) is 49.8 Å². The highest BCUT2D eigenvalue weighted by Crippen LogP contribution is 2.48. The molecule has 4 aromatic carbocycles. The number of nitrogens with one attached hydrogen (secondary N) is 2. The number of nitrogens with zero attached hydrogens (tertiary/aromatic N) is 1. The molecule has 10 rings (SSSR count). The van der Waals surface area contributed by atoms with E-state index in [4.69, 9.17) is 4.42 Å². The van der Waals surface area contributed by atoms with Crippen LogP contribution in [0, 0.1) is 0 Å². The van der Waals surface area contributed by atoms with E-state index in [0.29, 0.717) is 0 Å². The van der Waals surface area contributed by atoms with Gasteiger partial charge < -0.3 is 15.1 Å². The van der Waals surface area contributed by atoms with E-state index in [-0.39, 0.29) is 12.1 Å². The second-order valence-electron chi connectivity index (χ2n) is 10.9. The van der Waals surface area contributed by atoms with Crippen LogP contribution in [-0.2, 0) is 0 Å². The van der Waals surface area contributed by atoms with Crippen LogP contribution in [0.5, 0.6) is 0 Å². The van der Waals surface area contributed by atoms with Crippen molar-refractivity contribution in [2.45, 2.75) is 12.1 Å². The maximum atomic E-state index is 6.65. The highest BCUT2D eigenvalue weighted by atomic mass is 16.3. The molecule has 2 atom stereocenters. The maximum Gasteiger partial charge on any atom is 0.145 e. The number of rotatable bonds is 1. The second kappa shape index (κ2) is 7.16. The average molecular weight is 512 g/mol. The smallest absolute Gasteiger partial charge is 0.145 e. The van der Waals surface area contributed by atoms with Gasteiger partial charge in [0.25, 0.3) is 0 Å². The van der Waals surface area contributed by atoms with Crippen molar-refractivity contribution in [3.05, 3.63) is 125 Å². The van der Waals surface area contributed by atoms with E-state index >= 15 is 0 Å². The van der Waals surface area contributed by atoms with Crippen molar-refractivity contribution in [3.63, 3.8) is 0 Å².